The van der Waals surface area contributed by atoms with E-state index in [9.17, 15) is 4.79 Å². The number of hydrogen-bond donors (Lipinski definition) is 1. The zero-order valence-corrected chi connectivity index (χ0v) is 11.9. The van der Waals surface area contributed by atoms with E-state index in [1.807, 2.05) is 10.3 Å². The average Bonchev–Trinajstić information content (AvgIpc) is 2.91. The van der Waals surface area contributed by atoms with Gasteiger partial charge in [-0.05, 0) is 6.54 Å². The molecule has 2 heterocycles. The van der Waals surface area contributed by atoms with Crippen LogP contribution in [0.2, 0.25) is 0 Å². The standard InChI is InChI=1S/C11H16N4OS2/c1-2-14-4-6-15(7-5-14)10(17)9(16)13-11-12-3-8-18-11/h3,8H,2,4-7H2,1H3,(H,12,13,16). The Morgan fingerprint density at radius 2 is 2.22 bits per heavy atom. The van der Waals surface area contributed by atoms with Gasteiger partial charge in [0.15, 0.2) is 10.1 Å². The van der Waals surface area contributed by atoms with Crippen molar-refractivity contribution in [2.24, 2.45) is 0 Å². The van der Waals surface area contributed by atoms with Crippen LogP contribution in [0.3, 0.4) is 0 Å². The molecule has 0 aromatic carbocycles. The summed E-state index contributed by atoms with van der Waals surface area (Å²) in [5, 5.41) is 5.13. The number of anilines is 1. The van der Waals surface area contributed by atoms with Gasteiger partial charge in [-0.1, -0.05) is 19.1 Å². The van der Waals surface area contributed by atoms with Crippen LogP contribution < -0.4 is 5.32 Å². The molecular formula is C11H16N4OS2. The first-order valence-electron chi connectivity index (χ1n) is 5.93. The van der Waals surface area contributed by atoms with E-state index >= 15 is 0 Å². The maximum absolute atomic E-state index is 11.9. The topological polar surface area (TPSA) is 48.5 Å². The number of thiocarbonyl (C=S) groups is 1. The SMILES string of the molecule is CCN1CCN(C(=S)C(=O)Nc2nccs2)CC1. The second-order valence-electron chi connectivity index (χ2n) is 4.02. The number of carbonyl (C=O) groups is 1. The molecule has 0 aliphatic carbocycles. The van der Waals surface area contributed by atoms with Crippen LogP contribution in [0.4, 0.5) is 5.13 Å². The molecule has 0 saturated carbocycles. The average molecular weight is 284 g/mol. The molecule has 2 rings (SSSR count). The van der Waals surface area contributed by atoms with Gasteiger partial charge in [0.2, 0.25) is 0 Å². The van der Waals surface area contributed by atoms with E-state index in [0.29, 0.717) is 10.1 Å². The van der Waals surface area contributed by atoms with Crippen molar-refractivity contribution >= 4 is 39.6 Å². The van der Waals surface area contributed by atoms with Gasteiger partial charge in [0, 0.05) is 37.8 Å². The minimum atomic E-state index is -0.232. The minimum absolute atomic E-state index is 0.232. The van der Waals surface area contributed by atoms with Crippen molar-refractivity contribution in [2.45, 2.75) is 6.92 Å². The first-order chi connectivity index (χ1) is 8.70. The minimum Gasteiger partial charge on any atom is -0.356 e. The summed E-state index contributed by atoms with van der Waals surface area (Å²) in [6.07, 6.45) is 1.66. The van der Waals surface area contributed by atoms with Crippen molar-refractivity contribution in [1.29, 1.82) is 0 Å². The summed E-state index contributed by atoms with van der Waals surface area (Å²) in [6, 6.07) is 0. The number of thiazole rings is 1. The van der Waals surface area contributed by atoms with Crippen molar-refractivity contribution in [2.75, 3.05) is 38.0 Å². The quantitative estimate of drug-likeness (QED) is 0.823. The van der Waals surface area contributed by atoms with Crippen LogP contribution in [-0.4, -0.2) is 58.4 Å². The molecule has 1 amide bonds. The monoisotopic (exact) mass is 284 g/mol. The van der Waals surface area contributed by atoms with Crippen LogP contribution in [0.25, 0.3) is 0 Å². The smallest absolute Gasteiger partial charge is 0.285 e. The number of hydrogen-bond acceptors (Lipinski definition) is 5. The number of carbonyl (C=O) groups excluding carboxylic acids is 1. The van der Waals surface area contributed by atoms with Gasteiger partial charge in [-0.25, -0.2) is 4.98 Å². The Morgan fingerprint density at radius 1 is 1.50 bits per heavy atom. The summed E-state index contributed by atoms with van der Waals surface area (Å²) >= 11 is 6.61. The Bertz CT molecular complexity index is 413. The van der Waals surface area contributed by atoms with E-state index < -0.39 is 0 Å². The van der Waals surface area contributed by atoms with Crippen molar-refractivity contribution in [3.8, 4) is 0 Å². The Morgan fingerprint density at radius 3 is 2.78 bits per heavy atom. The van der Waals surface area contributed by atoms with Gasteiger partial charge in [0.25, 0.3) is 5.91 Å². The molecule has 1 N–H and O–H groups in total. The van der Waals surface area contributed by atoms with Crippen LogP contribution in [0.5, 0.6) is 0 Å². The van der Waals surface area contributed by atoms with E-state index in [0.717, 1.165) is 32.7 Å². The van der Waals surface area contributed by atoms with Gasteiger partial charge in [-0.15, -0.1) is 11.3 Å². The van der Waals surface area contributed by atoms with Crippen LogP contribution in [0.15, 0.2) is 11.6 Å². The van der Waals surface area contributed by atoms with E-state index in [1.165, 1.54) is 11.3 Å². The highest BCUT2D eigenvalue weighted by atomic mass is 32.1. The van der Waals surface area contributed by atoms with E-state index in [2.05, 4.69) is 22.1 Å². The zero-order valence-electron chi connectivity index (χ0n) is 10.3. The Labute approximate surface area is 116 Å². The number of amides is 1. The van der Waals surface area contributed by atoms with Crippen molar-refractivity contribution in [3.63, 3.8) is 0 Å². The fourth-order valence-electron chi connectivity index (χ4n) is 1.85. The lowest BCUT2D eigenvalue weighted by molar-refractivity contribution is -0.110. The molecule has 0 unspecified atom stereocenters. The number of likely N-dealkylation sites (N-methyl/N-ethyl adjacent to an activating group) is 1. The Kier molecular flexibility index (Phi) is 4.62. The number of aromatic nitrogens is 1. The summed E-state index contributed by atoms with van der Waals surface area (Å²) in [5.41, 5.74) is 0. The van der Waals surface area contributed by atoms with Crippen molar-refractivity contribution in [3.05, 3.63) is 11.6 Å². The van der Waals surface area contributed by atoms with Crippen LogP contribution >= 0.6 is 23.6 Å². The number of piperazine rings is 1. The normalized spacial score (nSPS) is 16.6. The summed E-state index contributed by atoms with van der Waals surface area (Å²) in [5.74, 6) is -0.232. The highest BCUT2D eigenvalue weighted by Crippen LogP contribution is 2.11. The lowest BCUT2D eigenvalue weighted by Gasteiger charge is -2.34. The molecule has 0 bridgehead atoms. The summed E-state index contributed by atoms with van der Waals surface area (Å²) < 4.78 is 0. The van der Waals surface area contributed by atoms with E-state index in [-0.39, 0.29) is 5.91 Å². The molecule has 0 radical (unpaired) electrons. The lowest BCUT2D eigenvalue weighted by atomic mass is 10.3. The predicted molar refractivity (Wildman–Crippen MR) is 77.0 cm³/mol. The first kappa shape index (κ1) is 13.4. The maximum atomic E-state index is 11.9. The van der Waals surface area contributed by atoms with Crippen LogP contribution in [0.1, 0.15) is 6.92 Å². The molecule has 1 aliphatic heterocycles. The molecule has 0 spiro atoms. The Balaban J connectivity index is 1.86. The number of nitrogens with zero attached hydrogens (tertiary/aromatic N) is 3. The lowest BCUT2D eigenvalue weighted by Crippen LogP contribution is -2.50. The molecule has 0 atom stereocenters. The van der Waals surface area contributed by atoms with Crippen LogP contribution in [-0.2, 0) is 4.79 Å². The molecule has 1 saturated heterocycles. The van der Waals surface area contributed by atoms with Gasteiger partial charge in [0.1, 0.15) is 0 Å². The molecule has 18 heavy (non-hydrogen) atoms. The molecule has 5 nitrogen and oxygen atoms in total. The molecule has 1 aromatic heterocycles. The third kappa shape index (κ3) is 3.24. The molecule has 1 aromatic rings. The summed E-state index contributed by atoms with van der Waals surface area (Å²) in [4.78, 5) is 20.6. The largest absolute Gasteiger partial charge is 0.356 e. The van der Waals surface area contributed by atoms with Gasteiger partial charge in [0.05, 0.1) is 0 Å². The fraction of sp³-hybridized carbons (Fsp3) is 0.545. The van der Waals surface area contributed by atoms with Gasteiger partial charge in [-0.2, -0.15) is 0 Å². The number of nitrogens with one attached hydrogen (secondary N) is 1. The summed E-state index contributed by atoms with van der Waals surface area (Å²) in [7, 11) is 0. The van der Waals surface area contributed by atoms with Gasteiger partial charge >= 0.3 is 0 Å². The molecule has 7 heteroatoms. The van der Waals surface area contributed by atoms with Crippen LogP contribution in [0, 0.1) is 0 Å². The zero-order chi connectivity index (χ0) is 13.0. The van der Waals surface area contributed by atoms with E-state index in [4.69, 9.17) is 12.2 Å². The second-order valence-corrected chi connectivity index (χ2v) is 5.30. The van der Waals surface area contributed by atoms with E-state index in [1.54, 1.807) is 6.20 Å². The predicted octanol–water partition coefficient (Wildman–Crippen LogP) is 1.05. The molecule has 98 valence electrons. The molecule has 1 fully saturated rings. The fourth-order valence-corrected chi connectivity index (χ4v) is 2.60. The highest BCUT2D eigenvalue weighted by Gasteiger charge is 2.22. The summed E-state index contributed by atoms with van der Waals surface area (Å²) in [6.45, 7) is 6.74. The third-order valence-electron chi connectivity index (χ3n) is 2.95. The first-order valence-corrected chi connectivity index (χ1v) is 7.21. The van der Waals surface area contributed by atoms with Crippen molar-refractivity contribution in [1.82, 2.24) is 14.8 Å². The second kappa shape index (κ2) is 6.21. The highest BCUT2D eigenvalue weighted by molar-refractivity contribution is 7.82. The third-order valence-corrected chi connectivity index (χ3v) is 4.09. The Hall–Kier alpha value is -1.05. The maximum Gasteiger partial charge on any atom is 0.285 e. The number of rotatable bonds is 2. The molecule has 1 aliphatic rings. The van der Waals surface area contributed by atoms with Gasteiger partial charge < -0.3 is 9.80 Å². The van der Waals surface area contributed by atoms with Crippen molar-refractivity contribution < 1.29 is 4.79 Å². The van der Waals surface area contributed by atoms with Gasteiger partial charge in [-0.3, -0.25) is 10.1 Å². The molecular weight excluding hydrogens is 268 g/mol.